The second kappa shape index (κ2) is 13.7. The molecule has 0 bridgehead atoms. The predicted molar refractivity (Wildman–Crippen MR) is 147 cm³/mol. The standard InChI is InChI=1S/C26H52N8O5/c1-26(2,3)16-5-7-17(8-6-16)32-25(38)28-9-4-10-33(11-12-35)13-18-20(36)21(37)24(39-18)34-15-31-19-22(27)29-14-30-23(19)34/h16-24,29-31,35-37H,4-15,27H2,1-3H3,(H2,28,32,38)/t16?,17?,18?,19?,20-,21-,22?,23?,24?/m0/s1. The Bertz CT molecular complexity index is 780. The number of hydrogen-bond donors (Lipinski definition) is 9. The highest BCUT2D eigenvalue weighted by Crippen LogP contribution is 2.37. The van der Waals surface area contributed by atoms with E-state index in [9.17, 15) is 20.1 Å². The van der Waals surface area contributed by atoms with Gasteiger partial charge in [0.1, 0.15) is 24.5 Å². The first-order valence-electron chi connectivity index (χ1n) is 14.7. The molecule has 1 saturated carbocycles. The van der Waals surface area contributed by atoms with Crippen molar-refractivity contribution in [2.24, 2.45) is 17.1 Å². The van der Waals surface area contributed by atoms with Crippen LogP contribution in [-0.2, 0) is 4.74 Å². The molecule has 3 aliphatic heterocycles. The molecule has 13 heteroatoms. The summed E-state index contributed by atoms with van der Waals surface area (Å²) in [6.07, 6.45) is 1.27. The number of ether oxygens (including phenoxy) is 1. The molecule has 0 aromatic carbocycles. The largest absolute Gasteiger partial charge is 0.395 e. The Hall–Kier alpha value is -1.13. The van der Waals surface area contributed by atoms with Crippen molar-refractivity contribution >= 4 is 6.03 Å². The van der Waals surface area contributed by atoms with Crippen molar-refractivity contribution in [1.82, 2.24) is 36.4 Å². The topological polar surface area (TPSA) is 180 Å². The number of hydrogen-bond acceptors (Lipinski definition) is 11. The van der Waals surface area contributed by atoms with Gasteiger partial charge in [0.2, 0.25) is 0 Å². The van der Waals surface area contributed by atoms with Crippen LogP contribution in [0.5, 0.6) is 0 Å². The summed E-state index contributed by atoms with van der Waals surface area (Å²) < 4.78 is 6.17. The molecule has 7 atom stereocenters. The summed E-state index contributed by atoms with van der Waals surface area (Å²) in [4.78, 5) is 16.4. The van der Waals surface area contributed by atoms with E-state index in [1.165, 1.54) is 0 Å². The fourth-order valence-electron chi connectivity index (χ4n) is 6.54. The van der Waals surface area contributed by atoms with Crippen LogP contribution in [0.3, 0.4) is 0 Å². The Kier molecular flexibility index (Phi) is 10.8. The number of fused-ring (bicyclic) bond motifs is 1. The van der Waals surface area contributed by atoms with Crippen LogP contribution in [0.25, 0.3) is 0 Å². The van der Waals surface area contributed by atoms with E-state index < -0.39 is 24.5 Å². The van der Waals surface area contributed by atoms with Gasteiger partial charge in [0, 0.05) is 38.9 Å². The van der Waals surface area contributed by atoms with Crippen molar-refractivity contribution in [2.45, 2.75) is 102 Å². The Balaban J connectivity index is 1.18. The highest BCUT2D eigenvalue weighted by atomic mass is 16.6. The average Bonchev–Trinajstić information content (AvgIpc) is 3.44. The third-order valence-electron chi connectivity index (χ3n) is 8.99. The third kappa shape index (κ3) is 7.79. The van der Waals surface area contributed by atoms with Crippen molar-refractivity contribution < 1.29 is 24.9 Å². The minimum atomic E-state index is -1.07. The number of amides is 2. The van der Waals surface area contributed by atoms with Crippen molar-refractivity contribution in [3.63, 3.8) is 0 Å². The number of rotatable bonds is 10. The normalized spacial score (nSPS) is 37.7. The maximum atomic E-state index is 12.4. The molecule has 2 amide bonds. The van der Waals surface area contributed by atoms with Gasteiger partial charge >= 0.3 is 6.03 Å². The Morgan fingerprint density at radius 3 is 2.54 bits per heavy atom. The Morgan fingerprint density at radius 2 is 1.85 bits per heavy atom. The summed E-state index contributed by atoms with van der Waals surface area (Å²) in [5.74, 6) is 0.707. The average molecular weight is 557 g/mol. The Labute approximate surface area is 232 Å². The molecule has 39 heavy (non-hydrogen) atoms. The molecule has 226 valence electrons. The predicted octanol–water partition coefficient (Wildman–Crippen LogP) is -1.99. The monoisotopic (exact) mass is 556 g/mol. The van der Waals surface area contributed by atoms with E-state index in [-0.39, 0.29) is 37.1 Å². The van der Waals surface area contributed by atoms with Crippen molar-refractivity contribution in [2.75, 3.05) is 46.1 Å². The number of nitrogens with zero attached hydrogens (tertiary/aromatic N) is 2. The van der Waals surface area contributed by atoms with Gasteiger partial charge in [0.15, 0.2) is 0 Å². The van der Waals surface area contributed by atoms with Crippen LogP contribution in [0.2, 0.25) is 0 Å². The number of aliphatic hydroxyl groups excluding tert-OH is 3. The van der Waals surface area contributed by atoms with Gasteiger partial charge in [-0.25, -0.2) is 9.69 Å². The summed E-state index contributed by atoms with van der Waals surface area (Å²) in [5.41, 5.74) is 6.48. The molecular formula is C26H52N8O5. The van der Waals surface area contributed by atoms with E-state index in [0.717, 1.165) is 25.7 Å². The molecule has 5 unspecified atom stereocenters. The zero-order valence-corrected chi connectivity index (χ0v) is 23.8. The van der Waals surface area contributed by atoms with Crippen LogP contribution in [0.1, 0.15) is 52.9 Å². The van der Waals surface area contributed by atoms with Crippen molar-refractivity contribution in [3.8, 4) is 0 Å². The molecule has 3 heterocycles. The number of aliphatic hydroxyl groups is 3. The van der Waals surface area contributed by atoms with E-state index in [1.54, 1.807) is 0 Å². The summed E-state index contributed by atoms with van der Waals surface area (Å²) in [6, 6.07) is 0.0545. The highest BCUT2D eigenvalue weighted by molar-refractivity contribution is 5.74. The quantitative estimate of drug-likeness (QED) is 0.136. The minimum Gasteiger partial charge on any atom is -0.395 e. The number of nitrogens with one attached hydrogen (secondary N) is 5. The lowest BCUT2D eigenvalue weighted by Crippen LogP contribution is -2.68. The molecule has 3 saturated heterocycles. The van der Waals surface area contributed by atoms with Crippen LogP contribution >= 0.6 is 0 Å². The molecule has 4 aliphatic rings. The van der Waals surface area contributed by atoms with Crippen LogP contribution in [-0.4, -0.2) is 126 Å². The number of urea groups is 1. The summed E-state index contributed by atoms with van der Waals surface area (Å²) in [5, 5.41) is 47.1. The molecule has 0 aromatic rings. The van der Waals surface area contributed by atoms with E-state index in [1.807, 2.05) is 9.80 Å². The summed E-state index contributed by atoms with van der Waals surface area (Å²) in [6.45, 7) is 9.76. The Morgan fingerprint density at radius 1 is 1.10 bits per heavy atom. The smallest absolute Gasteiger partial charge is 0.315 e. The molecule has 4 rings (SSSR count). The van der Waals surface area contributed by atoms with E-state index in [0.29, 0.717) is 57.3 Å². The van der Waals surface area contributed by atoms with Gasteiger partial charge in [-0.1, -0.05) is 20.8 Å². The molecule has 1 aliphatic carbocycles. The first-order chi connectivity index (χ1) is 18.6. The van der Waals surface area contributed by atoms with Crippen LogP contribution < -0.4 is 32.3 Å². The van der Waals surface area contributed by atoms with Gasteiger partial charge in [-0.15, -0.1) is 0 Å². The SMILES string of the molecule is CC(C)(C)C1CCC(NC(=O)NCCCN(CCO)CC2OC(N3CNC4C(N)NCNC43)[C@@H](O)[C@H]2O)CC1. The molecule has 0 aromatic heterocycles. The molecule has 13 nitrogen and oxygen atoms in total. The number of nitrogens with two attached hydrogens (primary N) is 1. The minimum absolute atomic E-state index is 0.0332. The second-order valence-electron chi connectivity index (χ2n) is 12.7. The number of carbonyl (C=O) groups excluding carboxylic acids is 1. The van der Waals surface area contributed by atoms with Gasteiger partial charge in [-0.2, -0.15) is 0 Å². The maximum absolute atomic E-state index is 12.4. The molecular weight excluding hydrogens is 504 g/mol. The maximum Gasteiger partial charge on any atom is 0.315 e. The zero-order chi connectivity index (χ0) is 28.2. The number of carbonyl (C=O) groups is 1. The van der Waals surface area contributed by atoms with Gasteiger partial charge < -0.3 is 36.4 Å². The molecule has 4 fully saturated rings. The first-order valence-corrected chi connectivity index (χ1v) is 14.7. The first kappa shape index (κ1) is 30.8. The fraction of sp³-hybridized carbons (Fsp3) is 0.962. The molecule has 10 N–H and O–H groups in total. The second-order valence-corrected chi connectivity index (χ2v) is 12.7. The van der Waals surface area contributed by atoms with Crippen LogP contribution in [0, 0.1) is 11.3 Å². The lowest BCUT2D eigenvalue weighted by Gasteiger charge is -2.38. The van der Waals surface area contributed by atoms with Gasteiger partial charge in [-0.05, 0) is 43.4 Å². The van der Waals surface area contributed by atoms with E-state index in [2.05, 4.69) is 47.4 Å². The summed E-state index contributed by atoms with van der Waals surface area (Å²) in [7, 11) is 0. The third-order valence-corrected chi connectivity index (χ3v) is 8.99. The highest BCUT2D eigenvalue weighted by Gasteiger charge is 2.51. The molecule has 0 radical (unpaired) electrons. The zero-order valence-electron chi connectivity index (χ0n) is 23.8. The molecule has 0 spiro atoms. The van der Waals surface area contributed by atoms with E-state index >= 15 is 0 Å². The van der Waals surface area contributed by atoms with Crippen molar-refractivity contribution in [1.29, 1.82) is 0 Å². The van der Waals surface area contributed by atoms with Gasteiger partial charge in [-0.3, -0.25) is 20.9 Å². The fourth-order valence-corrected chi connectivity index (χ4v) is 6.54. The van der Waals surface area contributed by atoms with Gasteiger partial charge in [0.05, 0.1) is 31.6 Å². The van der Waals surface area contributed by atoms with Crippen LogP contribution in [0.15, 0.2) is 0 Å². The lowest BCUT2D eigenvalue weighted by atomic mass is 9.71. The van der Waals surface area contributed by atoms with E-state index in [4.69, 9.17) is 10.5 Å². The summed E-state index contributed by atoms with van der Waals surface area (Å²) >= 11 is 0. The lowest BCUT2D eigenvalue weighted by molar-refractivity contribution is -0.107. The van der Waals surface area contributed by atoms with Crippen LogP contribution in [0.4, 0.5) is 4.79 Å². The van der Waals surface area contributed by atoms with Crippen molar-refractivity contribution in [3.05, 3.63) is 0 Å². The van der Waals surface area contributed by atoms with Gasteiger partial charge in [0.25, 0.3) is 0 Å².